The molecular weight excluding hydrogens is 285 g/mol. The van der Waals surface area contributed by atoms with Crippen LogP contribution in [0.15, 0.2) is 60.7 Å². The van der Waals surface area contributed by atoms with Crippen LogP contribution in [-0.4, -0.2) is 0 Å². The lowest BCUT2D eigenvalue weighted by Gasteiger charge is -2.13. The van der Waals surface area contributed by atoms with Crippen LogP contribution in [0.3, 0.4) is 0 Å². The fourth-order valence-electron chi connectivity index (χ4n) is 2.48. The molecule has 3 heteroatoms. The zero-order valence-electron chi connectivity index (χ0n) is 11.4. The SMILES string of the molecule is NC(Cc1ccc2ccccc2c1)c1ccc(F)c(Cl)c1. The summed E-state index contributed by atoms with van der Waals surface area (Å²) in [5.74, 6) is -0.418. The molecule has 3 rings (SSSR count). The first kappa shape index (κ1) is 14.1. The summed E-state index contributed by atoms with van der Waals surface area (Å²) < 4.78 is 13.2. The molecule has 2 N–H and O–H groups in total. The summed E-state index contributed by atoms with van der Waals surface area (Å²) in [5, 5.41) is 2.51. The van der Waals surface area contributed by atoms with E-state index in [-0.39, 0.29) is 11.1 Å². The molecule has 3 aromatic rings. The van der Waals surface area contributed by atoms with Crippen LogP contribution in [-0.2, 0) is 6.42 Å². The minimum absolute atomic E-state index is 0.112. The van der Waals surface area contributed by atoms with Crippen LogP contribution in [0, 0.1) is 5.82 Å². The van der Waals surface area contributed by atoms with Gasteiger partial charge in [0.2, 0.25) is 0 Å². The molecule has 0 aliphatic carbocycles. The van der Waals surface area contributed by atoms with Gasteiger partial charge in [0.1, 0.15) is 5.82 Å². The van der Waals surface area contributed by atoms with E-state index in [0.717, 1.165) is 11.1 Å². The molecule has 0 aliphatic heterocycles. The van der Waals surface area contributed by atoms with Crippen LogP contribution in [0.25, 0.3) is 10.8 Å². The van der Waals surface area contributed by atoms with E-state index in [0.29, 0.717) is 6.42 Å². The van der Waals surface area contributed by atoms with Gasteiger partial charge in [0.05, 0.1) is 5.02 Å². The van der Waals surface area contributed by atoms with Gasteiger partial charge in [0.15, 0.2) is 0 Å². The Morgan fingerprint density at radius 2 is 1.71 bits per heavy atom. The van der Waals surface area contributed by atoms with Crippen molar-refractivity contribution < 1.29 is 4.39 Å². The van der Waals surface area contributed by atoms with Crippen molar-refractivity contribution in [1.82, 2.24) is 0 Å². The van der Waals surface area contributed by atoms with Gasteiger partial charge in [-0.3, -0.25) is 0 Å². The molecule has 0 bridgehead atoms. The van der Waals surface area contributed by atoms with Gasteiger partial charge in [0, 0.05) is 6.04 Å². The maximum absolute atomic E-state index is 13.2. The van der Waals surface area contributed by atoms with Crippen molar-refractivity contribution in [1.29, 1.82) is 0 Å². The van der Waals surface area contributed by atoms with Crippen LogP contribution in [0.4, 0.5) is 4.39 Å². The minimum Gasteiger partial charge on any atom is -0.324 e. The van der Waals surface area contributed by atoms with E-state index in [4.69, 9.17) is 17.3 Å². The Morgan fingerprint density at radius 1 is 0.952 bits per heavy atom. The van der Waals surface area contributed by atoms with E-state index in [1.54, 1.807) is 12.1 Å². The highest BCUT2D eigenvalue weighted by molar-refractivity contribution is 6.30. The maximum Gasteiger partial charge on any atom is 0.141 e. The van der Waals surface area contributed by atoms with Crippen LogP contribution in [0.5, 0.6) is 0 Å². The number of hydrogen-bond acceptors (Lipinski definition) is 1. The Morgan fingerprint density at radius 3 is 2.48 bits per heavy atom. The van der Waals surface area contributed by atoms with Crippen LogP contribution >= 0.6 is 11.6 Å². The number of benzene rings is 3. The molecule has 1 atom stereocenters. The first-order chi connectivity index (χ1) is 10.1. The molecule has 0 aliphatic rings. The fourth-order valence-corrected chi connectivity index (χ4v) is 2.67. The van der Waals surface area contributed by atoms with Gasteiger partial charge in [-0.2, -0.15) is 0 Å². The molecule has 0 saturated carbocycles. The summed E-state index contributed by atoms with van der Waals surface area (Å²) in [6.45, 7) is 0. The van der Waals surface area contributed by atoms with E-state index < -0.39 is 5.82 Å². The van der Waals surface area contributed by atoms with Gasteiger partial charge < -0.3 is 5.73 Å². The lowest BCUT2D eigenvalue weighted by atomic mass is 9.97. The number of nitrogens with two attached hydrogens (primary N) is 1. The highest BCUT2D eigenvalue weighted by Gasteiger charge is 2.10. The Balaban J connectivity index is 1.85. The third-order valence-electron chi connectivity index (χ3n) is 3.64. The van der Waals surface area contributed by atoms with Crippen molar-refractivity contribution in [2.75, 3.05) is 0 Å². The molecule has 0 saturated heterocycles. The first-order valence-electron chi connectivity index (χ1n) is 6.82. The average molecular weight is 300 g/mol. The Labute approximate surface area is 128 Å². The molecule has 0 heterocycles. The zero-order chi connectivity index (χ0) is 14.8. The summed E-state index contributed by atoms with van der Waals surface area (Å²) >= 11 is 5.81. The second kappa shape index (κ2) is 5.84. The first-order valence-corrected chi connectivity index (χ1v) is 7.19. The van der Waals surface area contributed by atoms with Crippen molar-refractivity contribution in [2.24, 2.45) is 5.73 Å². The standard InChI is InChI=1S/C18H15ClFN/c19-16-11-15(7-8-17(16)20)18(21)10-12-5-6-13-3-1-2-4-14(13)9-12/h1-9,11,18H,10,21H2. The maximum atomic E-state index is 13.2. The summed E-state index contributed by atoms with van der Waals surface area (Å²) in [6.07, 6.45) is 0.687. The van der Waals surface area contributed by atoms with E-state index in [1.165, 1.54) is 16.8 Å². The van der Waals surface area contributed by atoms with Gasteiger partial charge in [0.25, 0.3) is 0 Å². The van der Waals surface area contributed by atoms with Crippen molar-refractivity contribution in [3.63, 3.8) is 0 Å². The van der Waals surface area contributed by atoms with Gasteiger partial charge in [-0.25, -0.2) is 4.39 Å². The number of hydrogen-bond donors (Lipinski definition) is 1. The monoisotopic (exact) mass is 299 g/mol. The predicted octanol–water partition coefficient (Wildman–Crippen LogP) is 4.87. The quantitative estimate of drug-likeness (QED) is 0.733. The third kappa shape index (κ3) is 3.07. The smallest absolute Gasteiger partial charge is 0.141 e. The summed E-state index contributed by atoms with van der Waals surface area (Å²) in [7, 11) is 0. The van der Waals surface area contributed by atoms with E-state index in [2.05, 4.69) is 30.3 Å². The Hall–Kier alpha value is -1.90. The summed E-state index contributed by atoms with van der Waals surface area (Å²) in [4.78, 5) is 0. The lowest BCUT2D eigenvalue weighted by molar-refractivity contribution is 0.625. The topological polar surface area (TPSA) is 26.0 Å². The van der Waals surface area contributed by atoms with Gasteiger partial charge >= 0.3 is 0 Å². The fraction of sp³-hybridized carbons (Fsp3) is 0.111. The molecule has 0 fully saturated rings. The largest absolute Gasteiger partial charge is 0.324 e. The zero-order valence-corrected chi connectivity index (χ0v) is 12.1. The second-order valence-corrected chi connectivity index (χ2v) is 5.57. The molecule has 0 amide bonds. The number of fused-ring (bicyclic) bond motifs is 1. The van der Waals surface area contributed by atoms with Crippen LogP contribution in [0.1, 0.15) is 17.2 Å². The number of rotatable bonds is 3. The van der Waals surface area contributed by atoms with E-state index in [9.17, 15) is 4.39 Å². The minimum atomic E-state index is -0.418. The van der Waals surface area contributed by atoms with E-state index in [1.807, 2.05) is 12.1 Å². The van der Waals surface area contributed by atoms with Gasteiger partial charge in [-0.15, -0.1) is 0 Å². The van der Waals surface area contributed by atoms with Gasteiger partial charge in [-0.05, 0) is 40.5 Å². The Bertz CT molecular complexity index is 785. The van der Waals surface area contributed by atoms with Crippen molar-refractivity contribution in [2.45, 2.75) is 12.5 Å². The lowest BCUT2D eigenvalue weighted by Crippen LogP contribution is -2.13. The van der Waals surface area contributed by atoms with Crippen molar-refractivity contribution in [3.05, 3.63) is 82.6 Å². The predicted molar refractivity (Wildman–Crippen MR) is 86.0 cm³/mol. The molecular formula is C18H15ClFN. The average Bonchev–Trinajstić information content (AvgIpc) is 2.50. The molecule has 106 valence electrons. The highest BCUT2D eigenvalue weighted by Crippen LogP contribution is 2.23. The normalized spacial score (nSPS) is 12.5. The van der Waals surface area contributed by atoms with Gasteiger partial charge in [-0.1, -0.05) is 60.1 Å². The molecule has 1 unspecified atom stereocenters. The number of halogens is 2. The molecule has 0 aromatic heterocycles. The molecule has 0 radical (unpaired) electrons. The molecule has 0 spiro atoms. The second-order valence-electron chi connectivity index (χ2n) is 5.17. The van der Waals surface area contributed by atoms with E-state index >= 15 is 0 Å². The summed E-state index contributed by atoms with van der Waals surface area (Å²) in [6, 6.07) is 19.0. The van der Waals surface area contributed by atoms with Crippen LogP contribution in [0.2, 0.25) is 5.02 Å². The molecule has 1 nitrogen and oxygen atoms in total. The van der Waals surface area contributed by atoms with Crippen molar-refractivity contribution >= 4 is 22.4 Å². The molecule has 21 heavy (non-hydrogen) atoms. The Kier molecular flexibility index (Phi) is 3.91. The van der Waals surface area contributed by atoms with Crippen molar-refractivity contribution in [3.8, 4) is 0 Å². The van der Waals surface area contributed by atoms with Crippen LogP contribution < -0.4 is 5.73 Å². The summed E-state index contributed by atoms with van der Waals surface area (Å²) in [5.41, 5.74) is 8.21. The highest BCUT2D eigenvalue weighted by atomic mass is 35.5. The third-order valence-corrected chi connectivity index (χ3v) is 3.93. The molecule has 3 aromatic carbocycles.